The van der Waals surface area contributed by atoms with E-state index in [4.69, 9.17) is 0 Å². The van der Waals surface area contributed by atoms with Crippen LogP contribution in [0.5, 0.6) is 0 Å². The average molecular weight is 492 g/mol. The molecule has 0 N–H and O–H groups in total. The number of carbonyl (C=O) groups excluding carboxylic acids is 2. The van der Waals surface area contributed by atoms with Gasteiger partial charge in [0, 0.05) is 11.1 Å². The van der Waals surface area contributed by atoms with E-state index >= 15 is 8.78 Å². The Kier molecular flexibility index (Phi) is 6.18. The minimum Gasteiger partial charge on any atom is -0.465 e. The van der Waals surface area contributed by atoms with Crippen molar-refractivity contribution in [2.24, 2.45) is 0 Å². The zero-order valence-corrected chi connectivity index (χ0v) is 16.9. The first-order valence-electron chi connectivity index (χ1n) is 7.28. The predicted molar refractivity (Wildman–Crippen MR) is 99.0 cm³/mol. The van der Waals surface area contributed by atoms with Crippen LogP contribution in [0.3, 0.4) is 0 Å². The van der Waals surface area contributed by atoms with Gasteiger partial charge in [-0.1, -0.05) is 24.3 Å². The van der Waals surface area contributed by atoms with Gasteiger partial charge in [0.1, 0.15) is 0 Å². The molecule has 2 aromatic carbocycles. The van der Waals surface area contributed by atoms with Gasteiger partial charge in [0.15, 0.2) is 0 Å². The van der Waals surface area contributed by atoms with Gasteiger partial charge in [-0.15, -0.1) is 0 Å². The van der Waals surface area contributed by atoms with Crippen LogP contribution in [0, 0.1) is 0 Å². The fourth-order valence-electron chi connectivity index (χ4n) is 2.23. The Morgan fingerprint density at radius 2 is 1.00 bits per heavy atom. The van der Waals surface area contributed by atoms with Crippen molar-refractivity contribution in [2.75, 3.05) is 14.2 Å². The zero-order chi connectivity index (χ0) is 19.5. The Labute approximate surface area is 165 Å². The van der Waals surface area contributed by atoms with E-state index < -0.39 is 21.1 Å². The highest BCUT2D eigenvalue weighted by Gasteiger charge is 2.53. The first-order chi connectivity index (χ1) is 12.1. The lowest BCUT2D eigenvalue weighted by molar-refractivity contribution is 0.0591. The summed E-state index contributed by atoms with van der Waals surface area (Å²) in [4.78, 5) is 22.9. The molecular formula is C18H14Br2F2O4. The molecule has 138 valence electrons. The van der Waals surface area contributed by atoms with Crippen LogP contribution in [0.25, 0.3) is 0 Å². The van der Waals surface area contributed by atoms with Gasteiger partial charge in [0.05, 0.1) is 25.3 Å². The third-order valence-electron chi connectivity index (χ3n) is 3.73. The molecule has 4 nitrogen and oxygen atoms in total. The van der Waals surface area contributed by atoms with E-state index in [-0.39, 0.29) is 22.3 Å². The minimum atomic E-state index is -2.65. The Morgan fingerprint density at radius 1 is 0.731 bits per heavy atom. The molecule has 2 aromatic rings. The Morgan fingerprint density at radius 3 is 1.23 bits per heavy atom. The molecule has 0 unspecified atom stereocenters. The highest BCUT2D eigenvalue weighted by molar-refractivity contribution is 9.12. The van der Waals surface area contributed by atoms with Crippen LogP contribution in [-0.4, -0.2) is 26.2 Å². The molecule has 0 heterocycles. The number of methoxy groups -OCH3 is 2. The van der Waals surface area contributed by atoms with Crippen LogP contribution in [0.1, 0.15) is 31.8 Å². The standard InChI is InChI=1S/C18H14Br2F2O4/c1-25-15(23)11-3-7-13(8-4-11)17(19,21)18(20,22)14-9-5-12(6-10-14)16(24)26-2/h3-10H,1-2H3/t17-,18+. The fourth-order valence-corrected chi connectivity index (χ4v) is 3.22. The van der Waals surface area contributed by atoms with Crippen molar-refractivity contribution in [1.29, 1.82) is 0 Å². The van der Waals surface area contributed by atoms with Crippen molar-refractivity contribution < 1.29 is 27.8 Å². The van der Waals surface area contributed by atoms with Gasteiger partial charge < -0.3 is 9.47 Å². The van der Waals surface area contributed by atoms with Crippen LogP contribution in [0.2, 0.25) is 0 Å². The van der Waals surface area contributed by atoms with Crippen LogP contribution in [-0.2, 0) is 18.6 Å². The summed E-state index contributed by atoms with van der Waals surface area (Å²) in [5, 5.41) is 0. The van der Waals surface area contributed by atoms with Crippen molar-refractivity contribution >= 4 is 43.8 Å². The van der Waals surface area contributed by atoms with Crippen molar-refractivity contribution in [3.8, 4) is 0 Å². The number of carbonyl (C=O) groups is 2. The van der Waals surface area contributed by atoms with Gasteiger partial charge in [0.2, 0.25) is 9.16 Å². The quantitative estimate of drug-likeness (QED) is 0.436. The third-order valence-corrected chi connectivity index (χ3v) is 6.27. The van der Waals surface area contributed by atoms with Gasteiger partial charge in [-0.2, -0.15) is 0 Å². The fraction of sp³-hybridized carbons (Fsp3) is 0.222. The van der Waals surface area contributed by atoms with E-state index in [9.17, 15) is 9.59 Å². The SMILES string of the molecule is COC(=O)c1ccc([C@](F)(Br)[C@](F)(Br)c2ccc(C(=O)OC)cc2)cc1. The number of halogens is 4. The summed E-state index contributed by atoms with van der Waals surface area (Å²) in [6.45, 7) is 0. The minimum absolute atomic E-state index is 0.0541. The molecule has 2 atom stereocenters. The molecule has 8 heteroatoms. The second kappa shape index (κ2) is 7.84. The summed E-state index contributed by atoms with van der Waals surface area (Å²) in [7, 11) is 2.45. The lowest BCUT2D eigenvalue weighted by Gasteiger charge is -2.31. The summed E-state index contributed by atoms with van der Waals surface area (Å²) < 4.78 is 34.5. The van der Waals surface area contributed by atoms with Crippen LogP contribution >= 0.6 is 31.9 Å². The maximum absolute atomic E-state index is 15.3. The van der Waals surface area contributed by atoms with Gasteiger partial charge in [-0.3, -0.25) is 0 Å². The lowest BCUT2D eigenvalue weighted by atomic mass is 9.98. The monoisotopic (exact) mass is 490 g/mol. The molecule has 26 heavy (non-hydrogen) atoms. The summed E-state index contributed by atoms with van der Waals surface area (Å²) in [6, 6.07) is 10.4. The maximum Gasteiger partial charge on any atom is 0.337 e. The summed E-state index contributed by atoms with van der Waals surface area (Å²) >= 11 is 5.58. The molecule has 0 aliphatic rings. The third kappa shape index (κ3) is 3.81. The van der Waals surface area contributed by atoms with Gasteiger partial charge in [0.25, 0.3) is 0 Å². The largest absolute Gasteiger partial charge is 0.465 e. The molecule has 0 aliphatic heterocycles. The van der Waals surface area contributed by atoms with E-state index in [1.807, 2.05) is 0 Å². The summed E-state index contributed by atoms with van der Waals surface area (Å²) in [6.07, 6.45) is 0. The lowest BCUT2D eigenvalue weighted by Crippen LogP contribution is -2.32. The van der Waals surface area contributed by atoms with Crippen LogP contribution < -0.4 is 0 Å². The molecule has 0 bridgehead atoms. The van der Waals surface area contributed by atoms with Crippen molar-refractivity contribution in [1.82, 2.24) is 0 Å². The van der Waals surface area contributed by atoms with E-state index in [1.54, 1.807) is 0 Å². The molecule has 0 aliphatic carbocycles. The number of hydrogen-bond acceptors (Lipinski definition) is 4. The highest BCUT2D eigenvalue weighted by Crippen LogP contribution is 2.55. The summed E-state index contributed by atoms with van der Waals surface area (Å²) in [5.41, 5.74) is 0.310. The van der Waals surface area contributed by atoms with Gasteiger partial charge in [-0.25, -0.2) is 18.4 Å². The summed E-state index contributed by atoms with van der Waals surface area (Å²) in [5.74, 6) is -1.17. The first kappa shape index (κ1) is 20.5. The van der Waals surface area contributed by atoms with Crippen molar-refractivity contribution in [2.45, 2.75) is 9.16 Å². The van der Waals surface area contributed by atoms with Crippen molar-refractivity contribution in [3.63, 3.8) is 0 Å². The first-order valence-corrected chi connectivity index (χ1v) is 8.87. The van der Waals surface area contributed by atoms with E-state index in [0.29, 0.717) is 0 Å². The van der Waals surface area contributed by atoms with Gasteiger partial charge in [-0.05, 0) is 56.1 Å². The number of alkyl halides is 4. The van der Waals surface area contributed by atoms with E-state index in [0.717, 1.165) is 0 Å². The second-order valence-electron chi connectivity index (χ2n) is 5.29. The van der Waals surface area contributed by atoms with Crippen LogP contribution in [0.15, 0.2) is 48.5 Å². The normalized spacial score (nSPS) is 15.5. The number of hydrogen-bond donors (Lipinski definition) is 0. The molecule has 0 radical (unpaired) electrons. The Bertz CT molecular complexity index is 733. The molecule has 0 aromatic heterocycles. The number of benzene rings is 2. The van der Waals surface area contributed by atoms with E-state index in [1.165, 1.54) is 62.8 Å². The molecule has 0 fully saturated rings. The van der Waals surface area contributed by atoms with Crippen LogP contribution in [0.4, 0.5) is 8.78 Å². The maximum atomic E-state index is 15.3. The number of ether oxygens (including phenoxy) is 2. The smallest absolute Gasteiger partial charge is 0.337 e. The molecule has 0 spiro atoms. The molecular weight excluding hydrogens is 478 g/mol. The highest BCUT2D eigenvalue weighted by atomic mass is 79.9. The topological polar surface area (TPSA) is 52.6 Å². The Hall–Kier alpha value is -1.80. The molecule has 0 saturated heterocycles. The number of rotatable bonds is 5. The number of esters is 2. The molecule has 0 amide bonds. The van der Waals surface area contributed by atoms with Gasteiger partial charge >= 0.3 is 11.9 Å². The van der Waals surface area contributed by atoms with E-state index in [2.05, 4.69) is 41.3 Å². The molecule has 0 saturated carbocycles. The predicted octanol–water partition coefficient (Wildman–Crippen LogP) is 4.99. The van der Waals surface area contributed by atoms with Crippen molar-refractivity contribution in [3.05, 3.63) is 70.8 Å². The molecule has 2 rings (SSSR count). The second-order valence-corrected chi connectivity index (χ2v) is 7.47. The average Bonchev–Trinajstić information content (AvgIpc) is 2.66. The zero-order valence-electron chi connectivity index (χ0n) is 13.8. The Balaban J connectivity index is 2.36.